The summed E-state index contributed by atoms with van der Waals surface area (Å²) in [4.78, 5) is 21.9. The molecule has 1 amide bonds. The molecule has 11 heavy (non-hydrogen) atoms. The van der Waals surface area contributed by atoms with E-state index in [1.807, 2.05) is 0 Å². The summed E-state index contributed by atoms with van der Waals surface area (Å²) in [7, 11) is 3.03. The largest absolute Gasteiger partial charge is 0.477 e. The van der Waals surface area contributed by atoms with Crippen molar-refractivity contribution >= 4 is 11.9 Å². The second-order valence-electron chi connectivity index (χ2n) is 2.13. The van der Waals surface area contributed by atoms with Gasteiger partial charge in [-0.15, -0.1) is 0 Å². The predicted molar refractivity (Wildman–Crippen MR) is 38.6 cm³/mol. The van der Waals surface area contributed by atoms with Crippen molar-refractivity contribution in [3.8, 4) is 0 Å². The first-order valence-corrected chi connectivity index (χ1v) is 2.87. The molecule has 5 nitrogen and oxygen atoms in total. The number of nitrogens with two attached hydrogens (primary N) is 1. The molecule has 0 aliphatic rings. The molecule has 0 aromatic rings. The highest BCUT2D eigenvalue weighted by Gasteiger charge is 2.09. The van der Waals surface area contributed by atoms with Crippen molar-refractivity contribution in [3.05, 3.63) is 11.8 Å². The molecule has 0 aromatic heterocycles. The molecule has 3 N–H and O–H groups in total. The summed E-state index contributed by atoms with van der Waals surface area (Å²) >= 11 is 0. The normalized spacial score (nSPS) is 10.9. The van der Waals surface area contributed by atoms with Gasteiger partial charge >= 0.3 is 5.97 Å². The van der Waals surface area contributed by atoms with Gasteiger partial charge in [0.2, 0.25) is 5.91 Å². The van der Waals surface area contributed by atoms with Crippen LogP contribution in [-0.2, 0) is 9.59 Å². The van der Waals surface area contributed by atoms with Crippen LogP contribution >= 0.6 is 0 Å². The molecule has 0 radical (unpaired) electrons. The average molecular weight is 158 g/mol. The third-order valence-corrected chi connectivity index (χ3v) is 0.980. The first kappa shape index (κ1) is 9.48. The molecule has 62 valence electrons. The number of primary amides is 1. The molecule has 0 bridgehead atoms. The Bertz CT molecular complexity index is 208. The van der Waals surface area contributed by atoms with Crippen LogP contribution in [0.25, 0.3) is 0 Å². The fourth-order valence-corrected chi connectivity index (χ4v) is 0.517. The van der Waals surface area contributed by atoms with Gasteiger partial charge in [-0.25, -0.2) is 4.79 Å². The summed E-state index contributed by atoms with van der Waals surface area (Å²) in [5, 5.41) is 8.47. The second kappa shape index (κ2) is 3.60. The molecule has 5 heteroatoms. The van der Waals surface area contributed by atoms with Crippen LogP contribution in [0.4, 0.5) is 0 Å². The zero-order valence-electron chi connectivity index (χ0n) is 6.37. The lowest BCUT2D eigenvalue weighted by molar-refractivity contribution is -0.134. The fraction of sp³-hybridized carbons (Fsp3) is 0.333. The molecule has 0 saturated carbocycles. The highest BCUT2D eigenvalue weighted by molar-refractivity contribution is 5.96. The number of carbonyl (C=O) groups excluding carboxylic acids is 1. The van der Waals surface area contributed by atoms with Crippen LogP contribution in [0.3, 0.4) is 0 Å². The van der Waals surface area contributed by atoms with Crippen LogP contribution in [0.15, 0.2) is 11.8 Å². The van der Waals surface area contributed by atoms with E-state index in [1.54, 1.807) is 0 Å². The Labute approximate surface area is 64.1 Å². The Kier molecular flexibility index (Phi) is 3.10. The SMILES string of the molecule is CN(C)/C(=C/C(N)=O)C(=O)O. The summed E-state index contributed by atoms with van der Waals surface area (Å²) in [6.07, 6.45) is 0.863. The topological polar surface area (TPSA) is 83.6 Å². The molecule has 0 unspecified atom stereocenters. The second-order valence-corrected chi connectivity index (χ2v) is 2.13. The number of aliphatic carboxylic acids is 1. The number of rotatable bonds is 3. The van der Waals surface area contributed by atoms with Gasteiger partial charge in [0.15, 0.2) is 0 Å². The standard InChI is InChI=1S/C6H10N2O3/c1-8(2)4(6(10)11)3-5(7)9/h3H,1-2H3,(H2,7,9)(H,10,11)/b4-3+. The van der Waals surface area contributed by atoms with Crippen molar-refractivity contribution in [1.82, 2.24) is 4.90 Å². The van der Waals surface area contributed by atoms with Gasteiger partial charge < -0.3 is 15.7 Å². The molecule has 0 heterocycles. The molecule has 0 fully saturated rings. The van der Waals surface area contributed by atoms with Crippen molar-refractivity contribution in [2.75, 3.05) is 14.1 Å². The number of amides is 1. The highest BCUT2D eigenvalue weighted by atomic mass is 16.4. The number of nitrogens with zero attached hydrogens (tertiary/aromatic N) is 1. The summed E-state index contributed by atoms with van der Waals surface area (Å²) in [6, 6.07) is 0. The molecule has 0 spiro atoms. The molecule has 0 aliphatic carbocycles. The van der Waals surface area contributed by atoms with Crippen LogP contribution in [0.1, 0.15) is 0 Å². The van der Waals surface area contributed by atoms with E-state index in [0.29, 0.717) is 0 Å². The van der Waals surface area contributed by atoms with E-state index in [2.05, 4.69) is 0 Å². The van der Waals surface area contributed by atoms with Crippen molar-refractivity contribution < 1.29 is 14.7 Å². The summed E-state index contributed by atoms with van der Waals surface area (Å²) in [6.45, 7) is 0. The van der Waals surface area contributed by atoms with Gasteiger partial charge in [-0.05, 0) is 0 Å². The Morgan fingerprint density at radius 3 is 2.00 bits per heavy atom. The first-order chi connectivity index (χ1) is 4.95. The lowest BCUT2D eigenvalue weighted by Gasteiger charge is -2.11. The molecule has 0 rings (SSSR count). The smallest absolute Gasteiger partial charge is 0.352 e. The monoisotopic (exact) mass is 158 g/mol. The van der Waals surface area contributed by atoms with Crippen LogP contribution in [0, 0.1) is 0 Å². The van der Waals surface area contributed by atoms with Gasteiger partial charge in [-0.2, -0.15) is 0 Å². The third kappa shape index (κ3) is 3.24. The summed E-state index contributed by atoms with van der Waals surface area (Å²) < 4.78 is 0. The van der Waals surface area contributed by atoms with E-state index in [4.69, 9.17) is 10.8 Å². The van der Waals surface area contributed by atoms with Gasteiger partial charge in [-0.1, -0.05) is 0 Å². The zero-order valence-corrected chi connectivity index (χ0v) is 6.37. The van der Waals surface area contributed by atoms with E-state index >= 15 is 0 Å². The van der Waals surface area contributed by atoms with E-state index in [-0.39, 0.29) is 5.70 Å². The van der Waals surface area contributed by atoms with Gasteiger partial charge in [0.05, 0.1) is 0 Å². The van der Waals surface area contributed by atoms with E-state index in [0.717, 1.165) is 6.08 Å². The van der Waals surface area contributed by atoms with Gasteiger partial charge in [0, 0.05) is 20.2 Å². The summed E-state index contributed by atoms with van der Waals surface area (Å²) in [5.41, 5.74) is 4.64. The summed E-state index contributed by atoms with van der Waals surface area (Å²) in [5.74, 6) is -1.94. The van der Waals surface area contributed by atoms with Crippen molar-refractivity contribution in [2.24, 2.45) is 5.73 Å². The number of carboxylic acid groups (broad SMARTS) is 1. The quantitative estimate of drug-likeness (QED) is 0.516. The molecular formula is C6H10N2O3. The van der Waals surface area contributed by atoms with E-state index in [1.165, 1.54) is 19.0 Å². The van der Waals surface area contributed by atoms with Crippen molar-refractivity contribution in [1.29, 1.82) is 0 Å². The number of hydrogen-bond acceptors (Lipinski definition) is 3. The van der Waals surface area contributed by atoms with E-state index in [9.17, 15) is 9.59 Å². The minimum atomic E-state index is -1.17. The number of hydrogen-bond donors (Lipinski definition) is 2. The fourth-order valence-electron chi connectivity index (χ4n) is 0.517. The Hall–Kier alpha value is -1.52. The maximum absolute atomic E-state index is 10.4. The first-order valence-electron chi connectivity index (χ1n) is 2.87. The maximum Gasteiger partial charge on any atom is 0.352 e. The van der Waals surface area contributed by atoms with Crippen LogP contribution < -0.4 is 5.73 Å². The molecule has 0 atom stereocenters. The van der Waals surface area contributed by atoms with Crippen molar-refractivity contribution in [2.45, 2.75) is 0 Å². The maximum atomic E-state index is 10.4. The molecule has 0 aromatic carbocycles. The van der Waals surface area contributed by atoms with Gasteiger partial charge in [-0.3, -0.25) is 4.79 Å². The van der Waals surface area contributed by atoms with Crippen LogP contribution in [0.2, 0.25) is 0 Å². The van der Waals surface area contributed by atoms with Crippen LogP contribution in [-0.4, -0.2) is 36.0 Å². The zero-order chi connectivity index (χ0) is 9.02. The lowest BCUT2D eigenvalue weighted by Crippen LogP contribution is -2.21. The molecule has 0 saturated heterocycles. The minimum absolute atomic E-state index is 0.127. The van der Waals surface area contributed by atoms with Crippen LogP contribution in [0.5, 0.6) is 0 Å². The van der Waals surface area contributed by atoms with E-state index < -0.39 is 11.9 Å². The van der Waals surface area contributed by atoms with Gasteiger partial charge in [0.1, 0.15) is 5.70 Å². The van der Waals surface area contributed by atoms with Gasteiger partial charge in [0.25, 0.3) is 0 Å². The minimum Gasteiger partial charge on any atom is -0.477 e. The Balaban J connectivity index is 4.60. The number of carboxylic acids is 1. The highest BCUT2D eigenvalue weighted by Crippen LogP contribution is 1.96. The molecular weight excluding hydrogens is 148 g/mol. The predicted octanol–water partition coefficient (Wildman–Crippen LogP) is -0.998. The average Bonchev–Trinajstić information content (AvgIpc) is 1.81. The lowest BCUT2D eigenvalue weighted by atomic mass is 10.3. The third-order valence-electron chi connectivity index (χ3n) is 0.980. The Morgan fingerprint density at radius 1 is 1.45 bits per heavy atom. The Morgan fingerprint density at radius 2 is 1.91 bits per heavy atom. The molecule has 0 aliphatic heterocycles. The van der Waals surface area contributed by atoms with Crippen molar-refractivity contribution in [3.63, 3.8) is 0 Å². The number of carbonyl (C=O) groups is 2. The number of likely N-dealkylation sites (N-methyl/N-ethyl adjacent to an activating group) is 1.